The fourth-order valence-electron chi connectivity index (χ4n) is 4.41. The third-order valence-corrected chi connectivity index (χ3v) is 5.64. The lowest BCUT2D eigenvalue weighted by Crippen LogP contribution is -2.43. The van der Waals surface area contributed by atoms with Crippen molar-refractivity contribution in [3.05, 3.63) is 53.9 Å². The Morgan fingerprint density at radius 2 is 1.96 bits per heavy atom. The number of methoxy groups -OCH3 is 1. The lowest BCUT2D eigenvalue weighted by atomic mass is 9.99. The minimum Gasteiger partial charge on any atom is -0.497 e. The van der Waals surface area contributed by atoms with Gasteiger partial charge >= 0.3 is 0 Å². The van der Waals surface area contributed by atoms with Gasteiger partial charge in [0.2, 0.25) is 0 Å². The fraction of sp³-hybridized carbons (Fsp3) is 0.476. The SMILES string of the molecule is COc1cccc(OC[C@@H]2[C@H]3CC[C@H](C3)N2Cc2cccc(C)n2)c1. The molecule has 1 aromatic heterocycles. The molecule has 2 bridgehead atoms. The number of ether oxygens (including phenoxy) is 2. The van der Waals surface area contributed by atoms with Crippen LogP contribution < -0.4 is 9.47 Å². The Hall–Kier alpha value is -2.07. The summed E-state index contributed by atoms with van der Waals surface area (Å²) in [4.78, 5) is 7.32. The summed E-state index contributed by atoms with van der Waals surface area (Å²) in [6, 6.07) is 15.3. The summed E-state index contributed by atoms with van der Waals surface area (Å²) >= 11 is 0. The number of benzene rings is 1. The van der Waals surface area contributed by atoms with Crippen LogP contribution in [0.4, 0.5) is 0 Å². The molecule has 4 heteroatoms. The van der Waals surface area contributed by atoms with Gasteiger partial charge in [0.05, 0.1) is 12.8 Å². The highest BCUT2D eigenvalue weighted by Crippen LogP contribution is 2.43. The Labute approximate surface area is 149 Å². The van der Waals surface area contributed by atoms with E-state index in [4.69, 9.17) is 14.5 Å². The maximum atomic E-state index is 6.13. The molecule has 2 heterocycles. The van der Waals surface area contributed by atoms with Gasteiger partial charge in [-0.25, -0.2) is 0 Å². The molecule has 0 spiro atoms. The summed E-state index contributed by atoms with van der Waals surface area (Å²) in [7, 11) is 1.69. The molecule has 0 N–H and O–H groups in total. The van der Waals surface area contributed by atoms with Gasteiger partial charge in [0.15, 0.2) is 0 Å². The van der Waals surface area contributed by atoms with Crippen LogP contribution in [0.15, 0.2) is 42.5 Å². The molecule has 4 rings (SSSR count). The number of aromatic nitrogens is 1. The summed E-state index contributed by atoms with van der Waals surface area (Å²) in [5.41, 5.74) is 2.25. The van der Waals surface area contributed by atoms with Crippen LogP contribution in [0.1, 0.15) is 30.7 Å². The third-order valence-electron chi connectivity index (χ3n) is 5.64. The van der Waals surface area contributed by atoms with E-state index in [1.165, 1.54) is 25.0 Å². The lowest BCUT2D eigenvalue weighted by Gasteiger charge is -2.35. The van der Waals surface area contributed by atoms with E-state index in [0.717, 1.165) is 36.3 Å². The number of likely N-dealkylation sites (tertiary alicyclic amines) is 1. The van der Waals surface area contributed by atoms with E-state index in [0.29, 0.717) is 12.1 Å². The fourth-order valence-corrected chi connectivity index (χ4v) is 4.41. The highest BCUT2D eigenvalue weighted by molar-refractivity contribution is 5.32. The smallest absolute Gasteiger partial charge is 0.123 e. The van der Waals surface area contributed by atoms with Gasteiger partial charge in [-0.3, -0.25) is 9.88 Å². The molecule has 0 unspecified atom stereocenters. The zero-order valence-corrected chi connectivity index (χ0v) is 15.0. The van der Waals surface area contributed by atoms with Crippen molar-refractivity contribution < 1.29 is 9.47 Å². The topological polar surface area (TPSA) is 34.6 Å². The standard InChI is InChI=1S/C21H26N2O2/c1-15-5-3-6-17(22-15)13-23-18-10-9-16(11-18)21(23)14-25-20-8-4-7-19(12-20)24-2/h3-8,12,16,18,21H,9-11,13-14H2,1-2H3/t16-,18+,21+/m0/s1. The summed E-state index contributed by atoms with van der Waals surface area (Å²) in [6.07, 6.45) is 3.94. The molecule has 25 heavy (non-hydrogen) atoms. The van der Waals surface area contributed by atoms with Crippen LogP contribution in [-0.2, 0) is 6.54 Å². The molecule has 1 aliphatic carbocycles. The van der Waals surface area contributed by atoms with E-state index in [-0.39, 0.29) is 0 Å². The summed E-state index contributed by atoms with van der Waals surface area (Å²) in [5.74, 6) is 2.47. The molecule has 3 atom stereocenters. The molecule has 4 nitrogen and oxygen atoms in total. The van der Waals surface area contributed by atoms with Crippen molar-refractivity contribution in [1.29, 1.82) is 0 Å². The van der Waals surface area contributed by atoms with Crippen LogP contribution in [-0.4, -0.2) is 35.7 Å². The Morgan fingerprint density at radius 1 is 1.12 bits per heavy atom. The van der Waals surface area contributed by atoms with Gasteiger partial charge in [-0.15, -0.1) is 0 Å². The molecule has 1 saturated heterocycles. The second-order valence-corrected chi connectivity index (χ2v) is 7.23. The number of hydrogen-bond donors (Lipinski definition) is 0. The van der Waals surface area contributed by atoms with Crippen LogP contribution in [0.2, 0.25) is 0 Å². The maximum Gasteiger partial charge on any atom is 0.123 e. The number of aryl methyl sites for hydroxylation is 1. The van der Waals surface area contributed by atoms with Crippen molar-refractivity contribution in [1.82, 2.24) is 9.88 Å². The second-order valence-electron chi connectivity index (χ2n) is 7.23. The average molecular weight is 338 g/mol. The second kappa shape index (κ2) is 7.04. The summed E-state index contributed by atoms with van der Waals surface area (Å²) in [6.45, 7) is 3.72. The first kappa shape index (κ1) is 16.4. The zero-order valence-electron chi connectivity index (χ0n) is 15.0. The summed E-state index contributed by atoms with van der Waals surface area (Å²) < 4.78 is 11.4. The third kappa shape index (κ3) is 3.49. The van der Waals surface area contributed by atoms with E-state index in [1.807, 2.05) is 24.3 Å². The van der Waals surface area contributed by atoms with Crippen LogP contribution in [0.25, 0.3) is 0 Å². The molecular formula is C21H26N2O2. The molecule has 2 aliphatic rings. The average Bonchev–Trinajstić information content (AvgIpc) is 3.22. The predicted octanol–water partition coefficient (Wildman–Crippen LogP) is 3.83. The maximum absolute atomic E-state index is 6.13. The van der Waals surface area contributed by atoms with Crippen molar-refractivity contribution in [2.45, 2.75) is 44.8 Å². The van der Waals surface area contributed by atoms with Crippen LogP contribution in [0, 0.1) is 12.8 Å². The van der Waals surface area contributed by atoms with Crippen molar-refractivity contribution in [2.75, 3.05) is 13.7 Å². The first-order valence-electron chi connectivity index (χ1n) is 9.18. The molecule has 1 aromatic carbocycles. The minimum absolute atomic E-state index is 0.479. The molecule has 1 aliphatic heterocycles. The molecular weight excluding hydrogens is 312 g/mol. The van der Waals surface area contributed by atoms with Gasteiger partial charge in [-0.2, -0.15) is 0 Å². The molecule has 2 aromatic rings. The monoisotopic (exact) mass is 338 g/mol. The first-order chi connectivity index (χ1) is 12.2. The number of nitrogens with zero attached hydrogens (tertiary/aromatic N) is 2. The number of piperidine rings is 1. The molecule has 2 fully saturated rings. The van der Waals surface area contributed by atoms with Crippen molar-refractivity contribution in [2.24, 2.45) is 5.92 Å². The van der Waals surface area contributed by atoms with E-state index in [9.17, 15) is 0 Å². The van der Waals surface area contributed by atoms with Crippen molar-refractivity contribution in [3.63, 3.8) is 0 Å². The van der Waals surface area contributed by atoms with Gasteiger partial charge in [0.1, 0.15) is 18.1 Å². The first-order valence-corrected chi connectivity index (χ1v) is 9.18. The van der Waals surface area contributed by atoms with Gasteiger partial charge in [0.25, 0.3) is 0 Å². The minimum atomic E-state index is 0.479. The van der Waals surface area contributed by atoms with Gasteiger partial charge in [-0.1, -0.05) is 12.1 Å². The number of pyridine rings is 1. The highest BCUT2D eigenvalue weighted by Gasteiger charge is 2.46. The van der Waals surface area contributed by atoms with Gasteiger partial charge in [0, 0.05) is 30.4 Å². The predicted molar refractivity (Wildman–Crippen MR) is 97.9 cm³/mol. The Morgan fingerprint density at radius 3 is 2.80 bits per heavy atom. The molecule has 132 valence electrons. The Balaban J connectivity index is 1.45. The normalized spacial score (nSPS) is 25.3. The lowest BCUT2D eigenvalue weighted by molar-refractivity contribution is 0.0855. The van der Waals surface area contributed by atoms with Crippen LogP contribution in [0.5, 0.6) is 11.5 Å². The Bertz CT molecular complexity index is 733. The number of hydrogen-bond acceptors (Lipinski definition) is 4. The van der Waals surface area contributed by atoms with E-state index in [2.05, 4.69) is 30.0 Å². The van der Waals surface area contributed by atoms with Crippen molar-refractivity contribution in [3.8, 4) is 11.5 Å². The molecule has 0 amide bonds. The van der Waals surface area contributed by atoms with Crippen LogP contribution >= 0.6 is 0 Å². The summed E-state index contributed by atoms with van der Waals surface area (Å²) in [5, 5.41) is 0. The van der Waals surface area contributed by atoms with Gasteiger partial charge in [-0.05, 0) is 56.4 Å². The highest BCUT2D eigenvalue weighted by atomic mass is 16.5. The van der Waals surface area contributed by atoms with Crippen molar-refractivity contribution >= 4 is 0 Å². The quantitative estimate of drug-likeness (QED) is 0.802. The number of rotatable bonds is 6. The number of fused-ring (bicyclic) bond motifs is 2. The largest absolute Gasteiger partial charge is 0.497 e. The molecule has 0 radical (unpaired) electrons. The van der Waals surface area contributed by atoms with Gasteiger partial charge < -0.3 is 9.47 Å². The van der Waals surface area contributed by atoms with E-state index >= 15 is 0 Å². The van der Waals surface area contributed by atoms with Crippen LogP contribution in [0.3, 0.4) is 0 Å². The molecule has 1 saturated carbocycles. The zero-order chi connectivity index (χ0) is 17.2. The van der Waals surface area contributed by atoms with E-state index in [1.54, 1.807) is 7.11 Å². The Kier molecular flexibility index (Phi) is 4.62. The van der Waals surface area contributed by atoms with E-state index < -0.39 is 0 Å².